The lowest BCUT2D eigenvalue weighted by Crippen LogP contribution is -2.49. The molecule has 1 saturated heterocycles. The number of aromatic nitrogens is 1. The van der Waals surface area contributed by atoms with Crippen molar-refractivity contribution in [3.63, 3.8) is 0 Å². The van der Waals surface area contributed by atoms with Gasteiger partial charge in [-0.3, -0.25) is 4.90 Å². The molecule has 0 spiro atoms. The first kappa shape index (κ1) is 14.9. The molecule has 108 valence electrons. The van der Waals surface area contributed by atoms with E-state index in [9.17, 15) is 0 Å². The van der Waals surface area contributed by atoms with Crippen molar-refractivity contribution >= 4 is 11.3 Å². The van der Waals surface area contributed by atoms with Crippen LogP contribution in [-0.4, -0.2) is 34.6 Å². The van der Waals surface area contributed by atoms with Crippen LogP contribution in [0.4, 0.5) is 0 Å². The lowest BCUT2D eigenvalue weighted by atomic mass is 10.0. The summed E-state index contributed by atoms with van der Waals surface area (Å²) in [5.41, 5.74) is 1.45. The molecule has 19 heavy (non-hydrogen) atoms. The highest BCUT2D eigenvalue weighted by Gasteiger charge is 2.24. The predicted octanol–water partition coefficient (Wildman–Crippen LogP) is 3.19. The minimum atomic E-state index is 0.209. The number of piperidine rings is 1. The highest BCUT2D eigenvalue weighted by molar-refractivity contribution is 7.09. The summed E-state index contributed by atoms with van der Waals surface area (Å²) in [7, 11) is 0. The predicted molar refractivity (Wildman–Crippen MR) is 82.7 cm³/mol. The zero-order chi connectivity index (χ0) is 13.9. The van der Waals surface area contributed by atoms with Gasteiger partial charge in [-0.15, -0.1) is 11.3 Å². The molecule has 1 atom stereocenters. The van der Waals surface area contributed by atoms with Gasteiger partial charge in [0, 0.05) is 30.1 Å². The first-order valence-electron chi connectivity index (χ1n) is 7.34. The van der Waals surface area contributed by atoms with Crippen molar-refractivity contribution < 1.29 is 0 Å². The molecule has 4 heteroatoms. The van der Waals surface area contributed by atoms with Gasteiger partial charge in [-0.25, -0.2) is 4.98 Å². The largest absolute Gasteiger partial charge is 0.311 e. The Morgan fingerprint density at radius 2 is 2.21 bits per heavy atom. The van der Waals surface area contributed by atoms with Crippen molar-refractivity contribution in [2.75, 3.05) is 13.1 Å². The lowest BCUT2D eigenvalue weighted by molar-refractivity contribution is 0.130. The fourth-order valence-corrected chi connectivity index (χ4v) is 3.22. The zero-order valence-corrected chi connectivity index (χ0v) is 13.5. The van der Waals surface area contributed by atoms with E-state index in [1.807, 2.05) is 0 Å². The van der Waals surface area contributed by atoms with Gasteiger partial charge in [0.25, 0.3) is 0 Å². The van der Waals surface area contributed by atoms with Crippen molar-refractivity contribution in [2.24, 2.45) is 0 Å². The molecule has 0 amide bonds. The quantitative estimate of drug-likeness (QED) is 0.918. The molecule has 2 heterocycles. The summed E-state index contributed by atoms with van der Waals surface area (Å²) >= 11 is 1.76. The summed E-state index contributed by atoms with van der Waals surface area (Å²) in [6.07, 6.45) is 4.00. The smallest absolute Gasteiger partial charge is 0.0897 e. The number of nitrogens with zero attached hydrogens (tertiary/aromatic N) is 2. The lowest BCUT2D eigenvalue weighted by Gasteiger charge is -2.37. The van der Waals surface area contributed by atoms with Crippen LogP contribution in [0.15, 0.2) is 5.38 Å². The maximum atomic E-state index is 4.60. The minimum absolute atomic E-state index is 0.209. The van der Waals surface area contributed by atoms with Crippen LogP contribution in [0.5, 0.6) is 0 Å². The van der Waals surface area contributed by atoms with Crippen LogP contribution in [0.25, 0.3) is 0 Å². The van der Waals surface area contributed by atoms with Crippen LogP contribution in [0, 0.1) is 6.92 Å². The van der Waals surface area contributed by atoms with Crippen LogP contribution in [-0.2, 0) is 6.54 Å². The van der Waals surface area contributed by atoms with Crippen LogP contribution in [0.1, 0.15) is 50.7 Å². The van der Waals surface area contributed by atoms with E-state index < -0.39 is 0 Å². The molecule has 0 aromatic carbocycles. The molecule has 0 saturated carbocycles. The average Bonchev–Trinajstić information content (AvgIpc) is 2.73. The van der Waals surface area contributed by atoms with Gasteiger partial charge in [-0.1, -0.05) is 6.42 Å². The number of hydrogen-bond donors (Lipinski definition) is 1. The average molecular weight is 281 g/mol. The molecule has 1 aromatic heterocycles. The summed E-state index contributed by atoms with van der Waals surface area (Å²) in [5, 5.41) is 7.04. The van der Waals surface area contributed by atoms with Crippen molar-refractivity contribution in [1.29, 1.82) is 0 Å². The molecule has 1 unspecified atom stereocenters. The van der Waals surface area contributed by atoms with E-state index >= 15 is 0 Å². The van der Waals surface area contributed by atoms with E-state index in [2.05, 4.69) is 48.3 Å². The first-order chi connectivity index (χ1) is 8.94. The maximum absolute atomic E-state index is 4.60. The summed E-state index contributed by atoms with van der Waals surface area (Å²) in [4.78, 5) is 7.21. The Hall–Kier alpha value is -0.450. The number of thiazole rings is 1. The number of hydrogen-bond acceptors (Lipinski definition) is 4. The molecule has 0 bridgehead atoms. The third kappa shape index (κ3) is 4.86. The molecule has 1 N–H and O–H groups in total. The van der Waals surface area contributed by atoms with E-state index in [0.29, 0.717) is 6.04 Å². The second kappa shape index (κ2) is 6.33. The van der Waals surface area contributed by atoms with E-state index in [1.165, 1.54) is 36.5 Å². The molecule has 0 radical (unpaired) electrons. The maximum Gasteiger partial charge on any atom is 0.0897 e. The molecule has 1 aliphatic rings. The molecule has 0 aliphatic carbocycles. The summed E-state index contributed by atoms with van der Waals surface area (Å²) in [6, 6.07) is 0.662. The monoisotopic (exact) mass is 281 g/mol. The molecular formula is C15H27N3S. The Morgan fingerprint density at radius 1 is 1.42 bits per heavy atom. The standard InChI is InChI=1S/C15H27N3S/c1-12-17-13(11-19-12)10-18-8-6-5-7-14(18)9-16-15(2,3)4/h11,14,16H,5-10H2,1-4H3. The Bertz CT molecular complexity index is 394. The minimum Gasteiger partial charge on any atom is -0.311 e. The van der Waals surface area contributed by atoms with E-state index in [0.717, 1.165) is 13.1 Å². The molecule has 3 nitrogen and oxygen atoms in total. The molecule has 1 fully saturated rings. The summed E-state index contributed by atoms with van der Waals surface area (Å²) in [5.74, 6) is 0. The topological polar surface area (TPSA) is 28.2 Å². The van der Waals surface area contributed by atoms with Crippen molar-refractivity contribution in [1.82, 2.24) is 15.2 Å². The Balaban J connectivity index is 1.92. The van der Waals surface area contributed by atoms with Crippen molar-refractivity contribution in [3.05, 3.63) is 16.1 Å². The number of aryl methyl sites for hydroxylation is 1. The fraction of sp³-hybridized carbons (Fsp3) is 0.800. The van der Waals surface area contributed by atoms with Crippen LogP contribution in [0.3, 0.4) is 0 Å². The molecule has 2 rings (SSSR count). The summed E-state index contributed by atoms with van der Waals surface area (Å²) in [6.45, 7) is 12.1. The Morgan fingerprint density at radius 3 is 2.84 bits per heavy atom. The highest BCUT2D eigenvalue weighted by Crippen LogP contribution is 2.20. The van der Waals surface area contributed by atoms with E-state index in [-0.39, 0.29) is 5.54 Å². The fourth-order valence-electron chi connectivity index (χ4n) is 2.61. The normalized spacial score (nSPS) is 21.8. The van der Waals surface area contributed by atoms with Crippen LogP contribution < -0.4 is 5.32 Å². The van der Waals surface area contributed by atoms with E-state index in [1.54, 1.807) is 11.3 Å². The third-order valence-electron chi connectivity index (χ3n) is 3.65. The van der Waals surface area contributed by atoms with Gasteiger partial charge in [0.05, 0.1) is 10.7 Å². The van der Waals surface area contributed by atoms with Crippen LogP contribution >= 0.6 is 11.3 Å². The van der Waals surface area contributed by atoms with Crippen molar-refractivity contribution in [3.8, 4) is 0 Å². The van der Waals surface area contributed by atoms with Gasteiger partial charge >= 0.3 is 0 Å². The molecule has 1 aromatic rings. The van der Waals surface area contributed by atoms with E-state index in [4.69, 9.17) is 0 Å². The second-order valence-electron chi connectivity index (χ2n) is 6.61. The molecule has 1 aliphatic heterocycles. The van der Waals surface area contributed by atoms with Gasteiger partial charge in [0.1, 0.15) is 0 Å². The second-order valence-corrected chi connectivity index (χ2v) is 7.67. The van der Waals surface area contributed by atoms with Gasteiger partial charge in [-0.2, -0.15) is 0 Å². The van der Waals surface area contributed by atoms with Gasteiger partial charge in [0.15, 0.2) is 0 Å². The SMILES string of the molecule is Cc1nc(CN2CCCCC2CNC(C)(C)C)cs1. The zero-order valence-electron chi connectivity index (χ0n) is 12.7. The van der Waals surface area contributed by atoms with Crippen LogP contribution in [0.2, 0.25) is 0 Å². The van der Waals surface area contributed by atoms with Gasteiger partial charge in [0.2, 0.25) is 0 Å². The number of likely N-dealkylation sites (tertiary alicyclic amines) is 1. The van der Waals surface area contributed by atoms with Crippen molar-refractivity contribution in [2.45, 2.75) is 65.1 Å². The summed E-state index contributed by atoms with van der Waals surface area (Å²) < 4.78 is 0. The Labute approximate surface area is 121 Å². The Kier molecular flexibility index (Phi) is 4.98. The number of nitrogens with one attached hydrogen (secondary N) is 1. The van der Waals surface area contributed by atoms with Gasteiger partial charge in [-0.05, 0) is 47.1 Å². The first-order valence-corrected chi connectivity index (χ1v) is 8.22. The molecular weight excluding hydrogens is 254 g/mol. The number of rotatable bonds is 4. The third-order valence-corrected chi connectivity index (χ3v) is 4.47. The van der Waals surface area contributed by atoms with Gasteiger partial charge < -0.3 is 5.32 Å². The highest BCUT2D eigenvalue weighted by atomic mass is 32.1.